The summed E-state index contributed by atoms with van der Waals surface area (Å²) in [7, 11) is 0. The summed E-state index contributed by atoms with van der Waals surface area (Å²) in [6.07, 6.45) is -1.26. The third kappa shape index (κ3) is 4.90. The second kappa shape index (κ2) is 8.39. The molecule has 1 aliphatic rings. The topological polar surface area (TPSA) is 59.0 Å². The van der Waals surface area contributed by atoms with Crippen LogP contribution in [-0.2, 0) is 4.74 Å². The first kappa shape index (κ1) is 24.1. The van der Waals surface area contributed by atoms with Gasteiger partial charge in [0.2, 0.25) is 0 Å². The van der Waals surface area contributed by atoms with Gasteiger partial charge >= 0.3 is 6.09 Å². The molecular formula is C26H34FNO4. The van der Waals surface area contributed by atoms with Crippen LogP contribution in [0.3, 0.4) is 0 Å². The van der Waals surface area contributed by atoms with Gasteiger partial charge in [-0.1, -0.05) is 45.9 Å². The zero-order valence-electron chi connectivity index (χ0n) is 20.0. The normalized spacial score (nSPS) is 22.3. The molecule has 0 aliphatic carbocycles. The number of likely N-dealkylation sites (tertiary alicyclic amines) is 1. The van der Waals surface area contributed by atoms with Gasteiger partial charge in [-0.3, -0.25) is 4.90 Å². The molecule has 1 fully saturated rings. The van der Waals surface area contributed by atoms with Crippen LogP contribution in [0.15, 0.2) is 48.5 Å². The van der Waals surface area contributed by atoms with Gasteiger partial charge in [0, 0.05) is 12.6 Å². The molecule has 32 heavy (non-hydrogen) atoms. The molecule has 1 N–H and O–H groups in total. The number of carbonyl (C=O) groups is 1. The Morgan fingerprint density at radius 3 is 2.25 bits per heavy atom. The number of rotatable bonds is 3. The van der Waals surface area contributed by atoms with Crippen LogP contribution < -0.4 is 4.74 Å². The van der Waals surface area contributed by atoms with Gasteiger partial charge in [0.15, 0.2) is 0 Å². The molecule has 1 saturated heterocycles. The van der Waals surface area contributed by atoms with Crippen molar-refractivity contribution in [2.45, 2.75) is 66.2 Å². The SMILES string of the molecule is CC(C)(C)OC(=O)N1CC(C)(C)C(C)(C)[C@H](O)C1c1ccc(Oc2cccc(F)c2)cc1. The van der Waals surface area contributed by atoms with Crippen LogP contribution in [0, 0.1) is 16.6 Å². The second-order valence-electron chi connectivity index (χ2n) is 10.7. The van der Waals surface area contributed by atoms with Gasteiger partial charge in [0.1, 0.15) is 22.9 Å². The lowest BCUT2D eigenvalue weighted by molar-refractivity contribution is -0.139. The van der Waals surface area contributed by atoms with E-state index in [1.807, 2.05) is 46.8 Å². The van der Waals surface area contributed by atoms with Crippen molar-refractivity contribution in [3.05, 3.63) is 59.9 Å². The van der Waals surface area contributed by atoms with Gasteiger partial charge in [-0.2, -0.15) is 0 Å². The number of aliphatic hydroxyl groups excluding tert-OH is 1. The van der Waals surface area contributed by atoms with E-state index in [0.717, 1.165) is 5.56 Å². The van der Waals surface area contributed by atoms with E-state index in [1.54, 1.807) is 29.2 Å². The van der Waals surface area contributed by atoms with Crippen molar-refractivity contribution in [2.75, 3.05) is 6.54 Å². The van der Waals surface area contributed by atoms with Gasteiger partial charge in [0.05, 0.1) is 12.1 Å². The summed E-state index contributed by atoms with van der Waals surface area (Å²) < 4.78 is 24.8. The predicted octanol–water partition coefficient (Wildman–Crippen LogP) is 6.32. The Morgan fingerprint density at radius 1 is 1.06 bits per heavy atom. The molecule has 2 aromatic carbocycles. The smallest absolute Gasteiger partial charge is 0.410 e. The lowest BCUT2D eigenvalue weighted by Crippen LogP contribution is -2.61. The zero-order valence-corrected chi connectivity index (χ0v) is 20.0. The average molecular weight is 444 g/mol. The Bertz CT molecular complexity index is 963. The molecule has 0 bridgehead atoms. The Balaban J connectivity index is 1.92. The number of hydrogen-bond donors (Lipinski definition) is 1. The first-order valence-corrected chi connectivity index (χ1v) is 10.9. The van der Waals surface area contributed by atoms with Crippen LogP contribution in [-0.4, -0.2) is 34.3 Å². The number of benzene rings is 2. The minimum absolute atomic E-state index is 0.333. The highest BCUT2D eigenvalue weighted by atomic mass is 19.1. The van der Waals surface area contributed by atoms with Crippen molar-refractivity contribution in [3.8, 4) is 11.5 Å². The molecule has 0 saturated carbocycles. The maximum atomic E-state index is 13.4. The Kier molecular flexibility index (Phi) is 6.31. The van der Waals surface area contributed by atoms with Gasteiger partial charge in [-0.05, 0) is 61.4 Å². The standard InChI is InChI=1S/C26H34FNO4/c1-24(2,3)32-23(30)28-16-25(4,5)26(6,7)22(29)21(28)17-11-13-19(14-12-17)31-20-10-8-9-18(27)15-20/h8-15,21-22,29H,16H2,1-7H3/t21?,22-/m1/s1. The molecule has 1 heterocycles. The van der Waals surface area contributed by atoms with Crippen molar-refractivity contribution < 1.29 is 23.8 Å². The fourth-order valence-electron chi connectivity index (χ4n) is 3.95. The number of nitrogens with zero attached hydrogens (tertiary/aromatic N) is 1. The van der Waals surface area contributed by atoms with Crippen LogP contribution >= 0.6 is 0 Å². The van der Waals surface area contributed by atoms with Crippen molar-refractivity contribution in [3.63, 3.8) is 0 Å². The minimum atomic E-state index is -0.811. The summed E-state index contributed by atoms with van der Waals surface area (Å²) in [5.41, 5.74) is -0.655. The lowest BCUT2D eigenvalue weighted by atomic mass is 9.59. The molecule has 174 valence electrons. The van der Waals surface area contributed by atoms with Gasteiger partial charge in [0.25, 0.3) is 0 Å². The third-order valence-corrected chi connectivity index (χ3v) is 6.57. The molecule has 1 aliphatic heterocycles. The number of aliphatic hydroxyl groups is 1. The molecular weight excluding hydrogens is 409 g/mol. The van der Waals surface area contributed by atoms with Gasteiger partial charge < -0.3 is 14.6 Å². The summed E-state index contributed by atoms with van der Waals surface area (Å²) in [5.74, 6) is 0.559. The predicted molar refractivity (Wildman–Crippen MR) is 122 cm³/mol. The zero-order chi connectivity index (χ0) is 23.9. The summed E-state index contributed by atoms with van der Waals surface area (Å²) >= 11 is 0. The highest BCUT2D eigenvalue weighted by molar-refractivity contribution is 5.69. The number of amides is 1. The molecule has 0 spiro atoms. The van der Waals surface area contributed by atoms with E-state index in [0.29, 0.717) is 18.0 Å². The fourth-order valence-corrected chi connectivity index (χ4v) is 3.95. The molecule has 1 amide bonds. The van der Waals surface area contributed by atoms with E-state index in [2.05, 4.69) is 13.8 Å². The van der Waals surface area contributed by atoms with E-state index in [1.165, 1.54) is 12.1 Å². The maximum absolute atomic E-state index is 13.4. The molecule has 1 unspecified atom stereocenters. The van der Waals surface area contributed by atoms with Crippen LogP contribution in [0.4, 0.5) is 9.18 Å². The largest absolute Gasteiger partial charge is 0.457 e. The summed E-state index contributed by atoms with van der Waals surface area (Å²) in [6, 6.07) is 12.5. The lowest BCUT2D eigenvalue weighted by Gasteiger charge is -2.56. The van der Waals surface area contributed by atoms with Crippen molar-refractivity contribution in [1.82, 2.24) is 4.90 Å². The molecule has 0 radical (unpaired) electrons. The van der Waals surface area contributed by atoms with E-state index >= 15 is 0 Å². The van der Waals surface area contributed by atoms with Crippen LogP contribution in [0.2, 0.25) is 0 Å². The number of ether oxygens (including phenoxy) is 2. The fraction of sp³-hybridized carbons (Fsp3) is 0.500. The van der Waals surface area contributed by atoms with Crippen molar-refractivity contribution in [1.29, 1.82) is 0 Å². The molecule has 0 aromatic heterocycles. The summed E-state index contributed by atoms with van der Waals surface area (Å²) in [5, 5.41) is 11.4. The van der Waals surface area contributed by atoms with E-state index in [9.17, 15) is 14.3 Å². The Morgan fingerprint density at radius 2 is 1.69 bits per heavy atom. The quantitative estimate of drug-likeness (QED) is 0.603. The molecule has 6 heteroatoms. The monoisotopic (exact) mass is 443 g/mol. The van der Waals surface area contributed by atoms with Gasteiger partial charge in [-0.25, -0.2) is 9.18 Å². The third-order valence-electron chi connectivity index (χ3n) is 6.57. The minimum Gasteiger partial charge on any atom is -0.457 e. The van der Waals surface area contributed by atoms with Crippen LogP contribution in [0.1, 0.15) is 60.1 Å². The molecule has 3 rings (SSSR count). The van der Waals surface area contributed by atoms with E-state index < -0.39 is 29.3 Å². The van der Waals surface area contributed by atoms with E-state index in [4.69, 9.17) is 9.47 Å². The second-order valence-corrected chi connectivity index (χ2v) is 10.7. The average Bonchev–Trinajstić information content (AvgIpc) is 2.66. The van der Waals surface area contributed by atoms with Crippen molar-refractivity contribution in [2.24, 2.45) is 10.8 Å². The number of hydrogen-bond acceptors (Lipinski definition) is 4. The maximum Gasteiger partial charge on any atom is 0.410 e. The number of carbonyl (C=O) groups excluding carboxylic acids is 1. The summed E-state index contributed by atoms with van der Waals surface area (Å²) in [4.78, 5) is 14.7. The highest BCUT2D eigenvalue weighted by Crippen LogP contribution is 2.52. The van der Waals surface area contributed by atoms with Crippen LogP contribution in [0.5, 0.6) is 11.5 Å². The first-order valence-electron chi connectivity index (χ1n) is 10.9. The van der Waals surface area contributed by atoms with Gasteiger partial charge in [-0.15, -0.1) is 0 Å². The van der Waals surface area contributed by atoms with E-state index in [-0.39, 0.29) is 11.2 Å². The Labute approximate surface area is 190 Å². The number of halogens is 1. The number of piperidine rings is 1. The molecule has 2 atom stereocenters. The first-order chi connectivity index (χ1) is 14.7. The molecule has 5 nitrogen and oxygen atoms in total. The Hall–Kier alpha value is -2.60. The van der Waals surface area contributed by atoms with Crippen LogP contribution in [0.25, 0.3) is 0 Å². The highest BCUT2D eigenvalue weighted by Gasteiger charge is 2.54. The summed E-state index contributed by atoms with van der Waals surface area (Å²) in [6.45, 7) is 14.1. The van der Waals surface area contributed by atoms with Crippen molar-refractivity contribution >= 4 is 6.09 Å². The molecule has 2 aromatic rings.